The number of carbonyl (C=O) groups excluding carboxylic acids is 1. The van der Waals surface area contributed by atoms with Gasteiger partial charge in [-0.3, -0.25) is 19.7 Å². The molecule has 0 heterocycles. The van der Waals surface area contributed by atoms with Gasteiger partial charge < -0.3 is 9.84 Å². The summed E-state index contributed by atoms with van der Waals surface area (Å²) in [7, 11) is 0. The van der Waals surface area contributed by atoms with Crippen molar-refractivity contribution in [2.75, 3.05) is 6.61 Å². The summed E-state index contributed by atoms with van der Waals surface area (Å²) in [5.41, 5.74) is 0.698. The first-order chi connectivity index (χ1) is 12.5. The van der Waals surface area contributed by atoms with E-state index in [1.807, 2.05) is 0 Å². The average molecular weight is 355 g/mol. The molecule has 2 aromatic rings. The van der Waals surface area contributed by atoms with E-state index < -0.39 is 10.9 Å². The van der Waals surface area contributed by atoms with Crippen LogP contribution in [-0.4, -0.2) is 28.4 Å². The highest BCUT2D eigenvalue weighted by atomic mass is 16.6. The smallest absolute Gasteiger partial charge is 0.303 e. The van der Waals surface area contributed by atoms with Gasteiger partial charge in [0.25, 0.3) is 5.69 Å². The van der Waals surface area contributed by atoms with Gasteiger partial charge in [0.2, 0.25) is 0 Å². The van der Waals surface area contributed by atoms with Crippen molar-refractivity contribution in [3.63, 3.8) is 0 Å². The number of benzene rings is 2. The number of hydrogen-bond acceptors (Lipinski definition) is 5. The number of nitrogens with zero attached hydrogens (tertiary/aromatic N) is 1. The van der Waals surface area contributed by atoms with Crippen molar-refractivity contribution in [2.24, 2.45) is 0 Å². The van der Waals surface area contributed by atoms with Crippen molar-refractivity contribution in [2.45, 2.75) is 12.8 Å². The maximum Gasteiger partial charge on any atom is 0.303 e. The number of carboxylic acid groups (broad SMARTS) is 1. The lowest BCUT2D eigenvalue weighted by Crippen LogP contribution is -2.02. The SMILES string of the molecule is O=C(O)CCCOc1ccc(C(=O)/C=C/c2ccccc2[N+](=O)[O-])cc1. The first-order valence-corrected chi connectivity index (χ1v) is 7.88. The number of ketones is 1. The molecule has 0 atom stereocenters. The Hall–Kier alpha value is -3.48. The Morgan fingerprint density at radius 1 is 1.12 bits per heavy atom. The van der Waals surface area contributed by atoms with Crippen molar-refractivity contribution in [3.8, 4) is 5.75 Å². The lowest BCUT2D eigenvalue weighted by atomic mass is 10.1. The largest absolute Gasteiger partial charge is 0.494 e. The van der Waals surface area contributed by atoms with E-state index in [0.717, 1.165) is 0 Å². The zero-order chi connectivity index (χ0) is 18.9. The van der Waals surface area contributed by atoms with Crippen molar-refractivity contribution in [1.29, 1.82) is 0 Å². The third kappa shape index (κ3) is 5.55. The maximum atomic E-state index is 12.2. The summed E-state index contributed by atoms with van der Waals surface area (Å²) in [6.45, 7) is 0.275. The van der Waals surface area contributed by atoms with E-state index >= 15 is 0 Å². The van der Waals surface area contributed by atoms with Crippen LogP contribution in [0.1, 0.15) is 28.8 Å². The van der Waals surface area contributed by atoms with Crippen LogP contribution in [0.15, 0.2) is 54.6 Å². The molecule has 2 aromatic carbocycles. The van der Waals surface area contributed by atoms with Crippen LogP contribution in [0, 0.1) is 10.1 Å². The number of para-hydroxylation sites is 1. The van der Waals surface area contributed by atoms with Crippen LogP contribution in [0.2, 0.25) is 0 Å². The van der Waals surface area contributed by atoms with E-state index in [0.29, 0.717) is 23.3 Å². The first kappa shape index (κ1) is 18.9. The average Bonchev–Trinajstić information content (AvgIpc) is 2.63. The summed E-state index contributed by atoms with van der Waals surface area (Å²) in [6.07, 6.45) is 3.13. The van der Waals surface area contributed by atoms with Gasteiger partial charge in [-0.05, 0) is 48.9 Å². The highest BCUT2D eigenvalue weighted by Crippen LogP contribution is 2.20. The lowest BCUT2D eigenvalue weighted by Gasteiger charge is -2.05. The molecule has 0 bridgehead atoms. The van der Waals surface area contributed by atoms with E-state index in [-0.39, 0.29) is 24.5 Å². The Kier molecular flexibility index (Phi) is 6.61. The van der Waals surface area contributed by atoms with Gasteiger partial charge in [0, 0.05) is 18.1 Å². The fourth-order valence-electron chi connectivity index (χ4n) is 2.19. The van der Waals surface area contributed by atoms with Crippen LogP contribution in [0.3, 0.4) is 0 Å². The van der Waals surface area contributed by atoms with Crippen LogP contribution in [0.25, 0.3) is 6.08 Å². The molecule has 0 aromatic heterocycles. The minimum Gasteiger partial charge on any atom is -0.494 e. The highest BCUT2D eigenvalue weighted by molar-refractivity contribution is 6.07. The molecular formula is C19H17NO6. The lowest BCUT2D eigenvalue weighted by molar-refractivity contribution is -0.385. The van der Waals surface area contributed by atoms with Crippen LogP contribution in [0.4, 0.5) is 5.69 Å². The molecule has 7 heteroatoms. The predicted molar refractivity (Wildman–Crippen MR) is 95.3 cm³/mol. The maximum absolute atomic E-state index is 12.2. The molecule has 134 valence electrons. The van der Waals surface area contributed by atoms with E-state index in [2.05, 4.69) is 0 Å². The number of carbonyl (C=O) groups is 2. The van der Waals surface area contributed by atoms with E-state index in [1.54, 1.807) is 42.5 Å². The zero-order valence-corrected chi connectivity index (χ0v) is 13.8. The Morgan fingerprint density at radius 3 is 2.46 bits per heavy atom. The molecule has 7 nitrogen and oxygen atoms in total. The number of nitro groups is 1. The molecular weight excluding hydrogens is 338 g/mol. The van der Waals surface area contributed by atoms with E-state index in [1.165, 1.54) is 18.2 Å². The van der Waals surface area contributed by atoms with Crippen molar-refractivity contribution < 1.29 is 24.4 Å². The Balaban J connectivity index is 1.98. The van der Waals surface area contributed by atoms with Crippen molar-refractivity contribution in [3.05, 3.63) is 75.8 Å². The monoisotopic (exact) mass is 355 g/mol. The fourth-order valence-corrected chi connectivity index (χ4v) is 2.19. The third-order valence-corrected chi connectivity index (χ3v) is 3.49. The molecule has 0 unspecified atom stereocenters. The summed E-state index contributed by atoms with van der Waals surface area (Å²) >= 11 is 0. The summed E-state index contributed by atoms with van der Waals surface area (Å²) < 4.78 is 5.39. The van der Waals surface area contributed by atoms with E-state index in [4.69, 9.17) is 9.84 Å². The molecule has 0 fully saturated rings. The van der Waals surface area contributed by atoms with Gasteiger partial charge >= 0.3 is 5.97 Å². The fraction of sp³-hybridized carbons (Fsp3) is 0.158. The van der Waals surface area contributed by atoms with Gasteiger partial charge in [0.05, 0.1) is 17.1 Å². The number of rotatable bonds is 9. The quantitative estimate of drug-likeness (QED) is 0.241. The summed E-state index contributed by atoms with van der Waals surface area (Å²) in [4.78, 5) is 33.1. The second kappa shape index (κ2) is 9.12. The minimum atomic E-state index is -0.875. The van der Waals surface area contributed by atoms with Crippen LogP contribution >= 0.6 is 0 Å². The van der Waals surface area contributed by atoms with Gasteiger partial charge in [-0.15, -0.1) is 0 Å². The second-order valence-electron chi connectivity index (χ2n) is 5.38. The van der Waals surface area contributed by atoms with Crippen molar-refractivity contribution in [1.82, 2.24) is 0 Å². The Labute approximate surface area is 149 Å². The van der Waals surface area contributed by atoms with Gasteiger partial charge in [-0.25, -0.2) is 0 Å². The molecule has 0 spiro atoms. The summed E-state index contributed by atoms with van der Waals surface area (Å²) in [5.74, 6) is -0.629. The number of hydrogen-bond donors (Lipinski definition) is 1. The molecule has 26 heavy (non-hydrogen) atoms. The summed E-state index contributed by atoms with van der Waals surface area (Å²) in [6, 6.07) is 12.6. The normalized spacial score (nSPS) is 10.6. The van der Waals surface area contributed by atoms with Gasteiger partial charge in [-0.1, -0.05) is 12.1 Å². The molecule has 2 rings (SSSR count). The topological polar surface area (TPSA) is 107 Å². The van der Waals surface area contributed by atoms with Crippen LogP contribution in [-0.2, 0) is 4.79 Å². The molecule has 0 aliphatic rings. The molecule has 1 N–H and O–H groups in total. The number of nitro benzene ring substituents is 1. The molecule has 0 saturated carbocycles. The number of ether oxygens (including phenoxy) is 1. The third-order valence-electron chi connectivity index (χ3n) is 3.49. The summed E-state index contributed by atoms with van der Waals surface area (Å²) in [5, 5.41) is 19.5. The van der Waals surface area contributed by atoms with Gasteiger partial charge in [-0.2, -0.15) is 0 Å². The Morgan fingerprint density at radius 2 is 1.81 bits per heavy atom. The molecule has 0 saturated heterocycles. The van der Waals surface area contributed by atoms with Gasteiger partial charge in [0.1, 0.15) is 5.75 Å². The molecule has 0 radical (unpaired) electrons. The van der Waals surface area contributed by atoms with Crippen LogP contribution < -0.4 is 4.74 Å². The van der Waals surface area contributed by atoms with Gasteiger partial charge in [0.15, 0.2) is 5.78 Å². The zero-order valence-electron chi connectivity index (χ0n) is 13.8. The number of aliphatic carboxylic acids is 1. The number of allylic oxidation sites excluding steroid dienone is 1. The molecule has 0 aliphatic carbocycles. The standard InChI is InChI=1S/C19H17NO6/c21-18(12-9-14-4-1-2-5-17(14)20(24)25)15-7-10-16(11-8-15)26-13-3-6-19(22)23/h1-2,4-5,7-12H,3,6,13H2,(H,22,23)/b12-9+. The molecule has 0 amide bonds. The Bertz CT molecular complexity index is 826. The number of carboxylic acids is 1. The predicted octanol–water partition coefficient (Wildman–Crippen LogP) is 3.73. The first-order valence-electron chi connectivity index (χ1n) is 7.88. The van der Waals surface area contributed by atoms with E-state index in [9.17, 15) is 19.7 Å². The minimum absolute atomic E-state index is 0.0347. The highest BCUT2D eigenvalue weighted by Gasteiger charge is 2.10. The van der Waals surface area contributed by atoms with Crippen LogP contribution in [0.5, 0.6) is 5.75 Å². The second-order valence-corrected chi connectivity index (χ2v) is 5.38. The molecule has 0 aliphatic heterocycles. The van der Waals surface area contributed by atoms with Crippen molar-refractivity contribution >= 4 is 23.5 Å².